The van der Waals surface area contributed by atoms with Crippen molar-refractivity contribution in [2.24, 2.45) is 0 Å². The van der Waals surface area contributed by atoms with E-state index in [1.54, 1.807) is 11.8 Å². The van der Waals surface area contributed by atoms with Crippen LogP contribution in [0.1, 0.15) is 13.8 Å². The van der Waals surface area contributed by atoms with Crippen molar-refractivity contribution in [1.29, 1.82) is 0 Å². The smallest absolute Gasteiger partial charge is 0.321 e. The molecule has 10 heavy (non-hydrogen) atoms. The Morgan fingerprint density at radius 2 is 2.30 bits per heavy atom. The Morgan fingerprint density at radius 1 is 1.70 bits per heavy atom. The van der Waals surface area contributed by atoms with E-state index in [1.807, 2.05) is 13.8 Å². The topological polar surface area (TPSA) is 49.3 Å². The van der Waals surface area contributed by atoms with Crippen LogP contribution in [-0.2, 0) is 4.79 Å². The standard InChI is InChI=1S/C4H7NO2S.C2H6/c6-4(7)3-1-8-2-5-3;1-2/h3,5H,1-2H2,(H,6,7);1-2H3/t3-;/m0./s1. The van der Waals surface area contributed by atoms with E-state index in [2.05, 4.69) is 5.32 Å². The molecule has 2 N–H and O–H groups in total. The van der Waals surface area contributed by atoms with E-state index in [0.29, 0.717) is 5.75 Å². The molecule has 0 aliphatic carbocycles. The molecule has 0 bridgehead atoms. The number of hydrogen-bond acceptors (Lipinski definition) is 3. The summed E-state index contributed by atoms with van der Waals surface area (Å²) in [5.74, 6) is 0.738. The van der Waals surface area contributed by atoms with Gasteiger partial charge in [0.15, 0.2) is 0 Å². The Morgan fingerprint density at radius 3 is 2.50 bits per heavy atom. The molecule has 1 aliphatic heterocycles. The number of thioether (sulfide) groups is 1. The number of carbonyl (C=O) groups is 1. The maximum Gasteiger partial charge on any atom is 0.321 e. The van der Waals surface area contributed by atoms with E-state index >= 15 is 0 Å². The highest BCUT2D eigenvalue weighted by atomic mass is 32.2. The summed E-state index contributed by atoms with van der Waals surface area (Å²) in [6.45, 7) is 4.00. The largest absolute Gasteiger partial charge is 0.480 e. The van der Waals surface area contributed by atoms with Gasteiger partial charge in [0, 0.05) is 11.6 Å². The Labute approximate surface area is 65.2 Å². The van der Waals surface area contributed by atoms with E-state index < -0.39 is 5.97 Å². The van der Waals surface area contributed by atoms with Gasteiger partial charge in [0.25, 0.3) is 0 Å². The van der Waals surface area contributed by atoms with Gasteiger partial charge in [-0.1, -0.05) is 13.8 Å². The summed E-state index contributed by atoms with van der Waals surface area (Å²) in [5, 5.41) is 11.2. The first-order chi connectivity index (χ1) is 4.80. The molecule has 1 atom stereocenters. The molecule has 0 saturated carbocycles. The van der Waals surface area contributed by atoms with Gasteiger partial charge in [0.1, 0.15) is 6.04 Å². The molecule has 0 aromatic rings. The van der Waals surface area contributed by atoms with Gasteiger partial charge in [-0.25, -0.2) is 0 Å². The SMILES string of the molecule is CC.O=C(O)[C@@H]1CSCN1. The molecule has 3 nitrogen and oxygen atoms in total. The minimum absolute atomic E-state index is 0.306. The maximum atomic E-state index is 10.1. The summed E-state index contributed by atoms with van der Waals surface area (Å²) in [6.07, 6.45) is 0. The molecule has 0 spiro atoms. The lowest BCUT2D eigenvalue weighted by Crippen LogP contribution is -2.32. The summed E-state index contributed by atoms with van der Waals surface area (Å²) in [4.78, 5) is 10.1. The van der Waals surface area contributed by atoms with Gasteiger partial charge in [-0.15, -0.1) is 11.8 Å². The van der Waals surface area contributed by atoms with Crippen LogP contribution >= 0.6 is 11.8 Å². The minimum Gasteiger partial charge on any atom is -0.480 e. The monoisotopic (exact) mass is 163 g/mol. The van der Waals surface area contributed by atoms with Crippen molar-refractivity contribution in [2.45, 2.75) is 19.9 Å². The summed E-state index contributed by atoms with van der Waals surface area (Å²) < 4.78 is 0. The second-order valence-corrected chi connectivity index (χ2v) is 2.64. The van der Waals surface area contributed by atoms with Gasteiger partial charge in [0.05, 0.1) is 0 Å². The van der Waals surface area contributed by atoms with E-state index in [1.165, 1.54) is 0 Å². The van der Waals surface area contributed by atoms with Crippen LogP contribution in [0.2, 0.25) is 0 Å². The summed E-state index contributed by atoms with van der Waals surface area (Å²) in [6, 6.07) is -0.306. The first-order valence-corrected chi connectivity index (χ1v) is 4.50. The van der Waals surface area contributed by atoms with Crippen LogP contribution in [0.3, 0.4) is 0 Å². The molecule has 1 aliphatic rings. The molecule has 4 heteroatoms. The van der Waals surface area contributed by atoms with Crippen LogP contribution in [0.15, 0.2) is 0 Å². The lowest BCUT2D eigenvalue weighted by atomic mass is 10.4. The molecule has 0 amide bonds. The molecule has 0 aromatic heterocycles. The van der Waals surface area contributed by atoms with Gasteiger partial charge in [-0.2, -0.15) is 0 Å². The normalized spacial score (nSPS) is 23.2. The van der Waals surface area contributed by atoms with Gasteiger partial charge in [0.2, 0.25) is 0 Å². The average molecular weight is 163 g/mol. The molecule has 1 saturated heterocycles. The van der Waals surface area contributed by atoms with Crippen molar-refractivity contribution in [1.82, 2.24) is 5.32 Å². The number of carboxylic acids is 1. The maximum absolute atomic E-state index is 10.1. The highest BCUT2D eigenvalue weighted by Crippen LogP contribution is 2.08. The number of rotatable bonds is 1. The third-order valence-corrected chi connectivity index (χ3v) is 1.95. The zero-order valence-corrected chi connectivity index (χ0v) is 7.07. The van der Waals surface area contributed by atoms with Gasteiger partial charge in [-0.05, 0) is 0 Å². The second kappa shape index (κ2) is 5.56. The van der Waals surface area contributed by atoms with E-state index in [4.69, 9.17) is 5.11 Å². The molecule has 0 radical (unpaired) electrons. The van der Waals surface area contributed by atoms with Gasteiger partial charge in [-0.3, -0.25) is 10.1 Å². The van der Waals surface area contributed by atoms with Crippen molar-refractivity contribution in [2.75, 3.05) is 11.6 Å². The van der Waals surface area contributed by atoms with E-state index in [-0.39, 0.29) is 6.04 Å². The molecule has 1 fully saturated rings. The minimum atomic E-state index is -0.741. The Hall–Kier alpha value is -0.220. The zero-order chi connectivity index (χ0) is 7.98. The summed E-state index contributed by atoms with van der Waals surface area (Å²) in [5.41, 5.74) is 0. The van der Waals surface area contributed by atoms with Crippen molar-refractivity contribution in [3.63, 3.8) is 0 Å². The molecule has 0 aromatic carbocycles. The lowest BCUT2D eigenvalue weighted by Gasteiger charge is -1.98. The molecule has 60 valence electrons. The quantitative estimate of drug-likeness (QED) is 0.599. The molecule has 1 rings (SSSR count). The number of carboxylic acid groups (broad SMARTS) is 1. The van der Waals surface area contributed by atoms with Gasteiger partial charge < -0.3 is 5.11 Å². The molecular formula is C6H13NO2S. The van der Waals surface area contributed by atoms with Gasteiger partial charge >= 0.3 is 5.97 Å². The van der Waals surface area contributed by atoms with Crippen LogP contribution in [0, 0.1) is 0 Å². The van der Waals surface area contributed by atoms with Crippen LogP contribution in [0.5, 0.6) is 0 Å². The predicted molar refractivity (Wildman–Crippen MR) is 43.2 cm³/mol. The first kappa shape index (κ1) is 9.78. The third-order valence-electron chi connectivity index (χ3n) is 1.01. The fraction of sp³-hybridized carbons (Fsp3) is 0.833. The third kappa shape index (κ3) is 3.08. The molecule has 0 unspecified atom stereocenters. The van der Waals surface area contributed by atoms with Crippen molar-refractivity contribution >= 4 is 17.7 Å². The Balaban J connectivity index is 0.000000371. The average Bonchev–Trinajstić information content (AvgIpc) is 2.42. The fourth-order valence-corrected chi connectivity index (χ4v) is 1.49. The summed E-state index contributed by atoms with van der Waals surface area (Å²) >= 11 is 1.62. The highest BCUT2D eigenvalue weighted by molar-refractivity contribution is 7.99. The number of hydrogen-bond donors (Lipinski definition) is 2. The second-order valence-electron chi connectivity index (χ2n) is 1.61. The number of nitrogens with one attached hydrogen (secondary N) is 1. The van der Waals surface area contributed by atoms with Crippen LogP contribution in [-0.4, -0.2) is 28.7 Å². The van der Waals surface area contributed by atoms with Crippen molar-refractivity contribution < 1.29 is 9.90 Å². The van der Waals surface area contributed by atoms with Crippen LogP contribution in [0.4, 0.5) is 0 Å². The Bertz CT molecular complexity index is 102. The number of aliphatic carboxylic acids is 1. The molecule has 1 heterocycles. The Kier molecular flexibility index (Phi) is 5.43. The predicted octanol–water partition coefficient (Wildman–Crippen LogP) is 0.760. The van der Waals surface area contributed by atoms with Crippen LogP contribution < -0.4 is 5.32 Å². The zero-order valence-electron chi connectivity index (χ0n) is 6.26. The highest BCUT2D eigenvalue weighted by Gasteiger charge is 2.20. The van der Waals surface area contributed by atoms with Crippen LogP contribution in [0.25, 0.3) is 0 Å². The first-order valence-electron chi connectivity index (χ1n) is 3.34. The van der Waals surface area contributed by atoms with Crippen molar-refractivity contribution in [3.05, 3.63) is 0 Å². The van der Waals surface area contributed by atoms with E-state index in [0.717, 1.165) is 5.88 Å². The fourth-order valence-electron chi connectivity index (χ4n) is 0.554. The summed E-state index contributed by atoms with van der Waals surface area (Å²) in [7, 11) is 0. The van der Waals surface area contributed by atoms with Crippen molar-refractivity contribution in [3.8, 4) is 0 Å². The molecular weight excluding hydrogens is 150 g/mol. The van der Waals surface area contributed by atoms with E-state index in [9.17, 15) is 4.79 Å². The lowest BCUT2D eigenvalue weighted by molar-refractivity contribution is -0.138.